The summed E-state index contributed by atoms with van der Waals surface area (Å²) in [5, 5.41) is 5.79. The van der Waals surface area contributed by atoms with Crippen LogP contribution >= 0.6 is 22.9 Å². The first-order valence-electron chi connectivity index (χ1n) is 10.5. The van der Waals surface area contributed by atoms with E-state index in [1.165, 1.54) is 17.8 Å². The molecule has 0 aliphatic carbocycles. The van der Waals surface area contributed by atoms with E-state index < -0.39 is 0 Å². The summed E-state index contributed by atoms with van der Waals surface area (Å²) in [6.07, 6.45) is 5.14. The number of allylic oxidation sites excluding steroid dienone is 2. The molecule has 7 heteroatoms. The van der Waals surface area contributed by atoms with Gasteiger partial charge in [0.05, 0.1) is 16.6 Å². The molecule has 160 valence electrons. The van der Waals surface area contributed by atoms with Crippen LogP contribution in [0.5, 0.6) is 0 Å². The van der Waals surface area contributed by atoms with Crippen molar-refractivity contribution in [3.63, 3.8) is 0 Å². The third kappa shape index (κ3) is 3.77. The van der Waals surface area contributed by atoms with E-state index in [0.717, 1.165) is 47.1 Å². The first-order valence-corrected chi connectivity index (χ1v) is 11.8. The quantitative estimate of drug-likeness (QED) is 0.671. The molecule has 0 amide bonds. The van der Waals surface area contributed by atoms with E-state index in [9.17, 15) is 4.39 Å². The van der Waals surface area contributed by atoms with E-state index >= 15 is 0 Å². The lowest BCUT2D eigenvalue weighted by molar-refractivity contribution is 0.477. The molecule has 1 N–H and O–H groups in total. The Morgan fingerprint density at radius 3 is 2.84 bits per heavy atom. The topological polar surface area (TPSA) is 40.0 Å². The smallest absolute Gasteiger partial charge is 0.146 e. The summed E-state index contributed by atoms with van der Waals surface area (Å²) in [4.78, 5) is 13.6. The molecule has 0 spiro atoms. The molecule has 4 nitrogen and oxygen atoms in total. The van der Waals surface area contributed by atoms with Crippen molar-refractivity contribution >= 4 is 34.5 Å². The van der Waals surface area contributed by atoms with Crippen LogP contribution in [-0.2, 0) is 0 Å². The molecule has 3 aliphatic rings. The lowest BCUT2D eigenvalue weighted by Gasteiger charge is -2.33. The zero-order chi connectivity index (χ0) is 21.5. The molecule has 3 atom stereocenters. The van der Waals surface area contributed by atoms with Gasteiger partial charge in [-0.05, 0) is 62.5 Å². The first kappa shape index (κ1) is 20.6. The van der Waals surface area contributed by atoms with Crippen LogP contribution in [0.25, 0.3) is 0 Å². The fourth-order valence-electron chi connectivity index (χ4n) is 4.66. The molecule has 0 radical (unpaired) electrons. The van der Waals surface area contributed by atoms with Crippen molar-refractivity contribution in [1.82, 2.24) is 10.2 Å². The van der Waals surface area contributed by atoms with E-state index in [-0.39, 0.29) is 17.9 Å². The highest BCUT2D eigenvalue weighted by Crippen LogP contribution is 2.44. The Balaban J connectivity index is 1.71. The number of thiophene rings is 1. The van der Waals surface area contributed by atoms with Crippen molar-refractivity contribution in [2.75, 3.05) is 20.1 Å². The minimum atomic E-state index is -0.343. The Bertz CT molecular complexity index is 1120. The van der Waals surface area contributed by atoms with E-state index in [4.69, 9.17) is 21.6 Å². The number of nitrogens with one attached hydrogen (secondary N) is 1. The van der Waals surface area contributed by atoms with Gasteiger partial charge in [-0.25, -0.2) is 4.39 Å². The van der Waals surface area contributed by atoms with Crippen LogP contribution in [0.15, 0.2) is 69.1 Å². The van der Waals surface area contributed by atoms with Gasteiger partial charge < -0.3 is 10.2 Å². The SMILES string of the molecule is CNC[C@H]1CC2=C(C3=NC(C)C=C3)[C@H](c3ccc(F)cc3Cl)N=C(c3cccs3)N2C1. The van der Waals surface area contributed by atoms with Crippen molar-refractivity contribution in [2.24, 2.45) is 15.9 Å². The van der Waals surface area contributed by atoms with Gasteiger partial charge in [-0.1, -0.05) is 29.8 Å². The number of hydrogen-bond donors (Lipinski definition) is 1. The van der Waals surface area contributed by atoms with Crippen molar-refractivity contribution < 1.29 is 4.39 Å². The Hall–Kier alpha value is -2.28. The molecule has 5 rings (SSSR count). The lowest BCUT2D eigenvalue weighted by atomic mass is 9.90. The fourth-order valence-corrected chi connectivity index (χ4v) is 5.66. The van der Waals surface area contributed by atoms with Crippen LogP contribution in [-0.4, -0.2) is 42.6 Å². The van der Waals surface area contributed by atoms with E-state index in [0.29, 0.717) is 10.9 Å². The highest BCUT2D eigenvalue weighted by molar-refractivity contribution is 7.12. The van der Waals surface area contributed by atoms with Crippen molar-refractivity contribution in [3.05, 3.63) is 80.4 Å². The number of hydrogen-bond acceptors (Lipinski definition) is 5. The second-order valence-corrected chi connectivity index (χ2v) is 9.57. The maximum Gasteiger partial charge on any atom is 0.146 e. The summed E-state index contributed by atoms with van der Waals surface area (Å²) >= 11 is 8.23. The molecule has 1 aromatic heterocycles. The van der Waals surface area contributed by atoms with Crippen molar-refractivity contribution in [3.8, 4) is 0 Å². The number of fused-ring (bicyclic) bond motifs is 1. The molecule has 2 aromatic rings. The van der Waals surface area contributed by atoms with Crippen LogP contribution in [0.4, 0.5) is 4.39 Å². The van der Waals surface area contributed by atoms with Crippen LogP contribution in [0.3, 0.4) is 0 Å². The molecule has 1 unspecified atom stereocenters. The second kappa shape index (κ2) is 8.34. The van der Waals surface area contributed by atoms with Gasteiger partial charge in [0.2, 0.25) is 0 Å². The number of rotatable bonds is 5. The van der Waals surface area contributed by atoms with Gasteiger partial charge in [0.15, 0.2) is 0 Å². The Kier molecular flexibility index (Phi) is 5.54. The van der Waals surface area contributed by atoms with Gasteiger partial charge in [-0.3, -0.25) is 9.98 Å². The van der Waals surface area contributed by atoms with Gasteiger partial charge in [0, 0.05) is 28.4 Å². The monoisotopic (exact) mass is 454 g/mol. The standard InChI is InChI=1S/C24H24ClFN4S/c1-14-5-8-19(28-14)22-20-10-15(12-27-2)13-30(20)24(21-4-3-9-31-21)29-23(22)17-7-6-16(26)11-18(17)25/h3-9,11,14-15,23,27H,10,12-13H2,1-2H3/t14?,15-,23+/m1/s1. The van der Waals surface area contributed by atoms with Gasteiger partial charge in [0.1, 0.15) is 17.7 Å². The molecule has 4 heterocycles. The van der Waals surface area contributed by atoms with Gasteiger partial charge in [0.25, 0.3) is 0 Å². The average Bonchev–Trinajstić information content (AvgIpc) is 3.48. The largest absolute Gasteiger partial charge is 0.328 e. The normalized spacial score (nSPS) is 25.2. The van der Waals surface area contributed by atoms with E-state index in [2.05, 4.69) is 40.7 Å². The Labute approximate surface area is 190 Å². The zero-order valence-corrected chi connectivity index (χ0v) is 19.1. The molecule has 1 fully saturated rings. The molecule has 31 heavy (non-hydrogen) atoms. The summed E-state index contributed by atoms with van der Waals surface area (Å²) in [6.45, 7) is 3.92. The van der Waals surface area contributed by atoms with E-state index in [1.807, 2.05) is 13.1 Å². The van der Waals surface area contributed by atoms with Crippen molar-refractivity contribution in [1.29, 1.82) is 0 Å². The number of amidine groups is 1. The molecule has 0 saturated carbocycles. The summed E-state index contributed by atoms with van der Waals surface area (Å²) in [5.74, 6) is 1.10. The Morgan fingerprint density at radius 2 is 2.16 bits per heavy atom. The second-order valence-electron chi connectivity index (χ2n) is 8.21. The molecular weight excluding hydrogens is 431 g/mol. The lowest BCUT2D eigenvalue weighted by Crippen LogP contribution is -2.35. The van der Waals surface area contributed by atoms with Crippen molar-refractivity contribution in [2.45, 2.75) is 25.4 Å². The summed E-state index contributed by atoms with van der Waals surface area (Å²) in [5.41, 5.74) is 4.11. The number of nitrogens with zero attached hydrogens (tertiary/aromatic N) is 3. The number of halogens is 2. The molecule has 0 bridgehead atoms. The predicted molar refractivity (Wildman–Crippen MR) is 127 cm³/mol. The Morgan fingerprint density at radius 1 is 1.29 bits per heavy atom. The molecular formula is C24H24ClFN4S. The number of benzene rings is 1. The minimum Gasteiger partial charge on any atom is -0.328 e. The van der Waals surface area contributed by atoms with E-state index in [1.54, 1.807) is 17.4 Å². The summed E-state index contributed by atoms with van der Waals surface area (Å²) < 4.78 is 13.8. The molecule has 3 aliphatic heterocycles. The highest BCUT2D eigenvalue weighted by atomic mass is 35.5. The van der Waals surface area contributed by atoms with Crippen LogP contribution in [0.1, 0.15) is 29.8 Å². The zero-order valence-electron chi connectivity index (χ0n) is 17.5. The first-order chi connectivity index (χ1) is 15.0. The van der Waals surface area contributed by atoms with Gasteiger partial charge in [-0.2, -0.15) is 0 Å². The number of aliphatic imine (C=N–C) groups is 2. The highest BCUT2D eigenvalue weighted by Gasteiger charge is 2.40. The third-order valence-corrected chi connectivity index (χ3v) is 7.18. The molecule has 1 aromatic carbocycles. The van der Waals surface area contributed by atoms with Crippen LogP contribution in [0, 0.1) is 11.7 Å². The summed E-state index contributed by atoms with van der Waals surface area (Å²) in [7, 11) is 1.99. The predicted octanol–water partition coefficient (Wildman–Crippen LogP) is 5.24. The minimum absolute atomic E-state index is 0.137. The maximum absolute atomic E-state index is 13.8. The van der Waals surface area contributed by atoms with Crippen LogP contribution in [0.2, 0.25) is 5.02 Å². The third-order valence-electron chi connectivity index (χ3n) is 5.98. The average molecular weight is 455 g/mol. The van der Waals surface area contributed by atoms with Crippen LogP contribution < -0.4 is 5.32 Å². The van der Waals surface area contributed by atoms with Gasteiger partial charge >= 0.3 is 0 Å². The fraction of sp³-hybridized carbons (Fsp3) is 0.333. The maximum atomic E-state index is 13.8. The van der Waals surface area contributed by atoms with Gasteiger partial charge in [-0.15, -0.1) is 11.3 Å². The summed E-state index contributed by atoms with van der Waals surface area (Å²) in [6, 6.07) is 8.57. The molecule has 1 saturated heterocycles.